The lowest BCUT2D eigenvalue weighted by molar-refractivity contribution is 0.660. The van der Waals surface area contributed by atoms with E-state index in [1.165, 1.54) is 155 Å². The molecule has 0 fully saturated rings. The SMILES string of the molecule is CC1(C)c2ccccc2-c2ccc(-c3ccc(N(c4cccc(-c5ccccc5)c4)c4cccc(-c5cccc(-c6cccc7cc(-c8ccc9c(c8)C(C)(C)c8cc(-c%10ccc(N(c%11cccc(-c%12ccc(-c%13ccccc%13)cc%12)c%11)c%11cccc(-c%12cccc(-c%13cccc%14ccccc%13%14)c%12)c%11)cc%10)ccc8-9)ccc67)c5)c4)cc3)cc21. The minimum Gasteiger partial charge on any atom is -0.310 e. The van der Waals surface area contributed by atoms with Gasteiger partial charge in [-0.1, -0.05) is 355 Å². The zero-order valence-electron chi connectivity index (χ0n) is 66.5. The molecule has 558 valence electrons. The molecule has 0 heterocycles. The van der Waals surface area contributed by atoms with Gasteiger partial charge in [0.2, 0.25) is 0 Å². The molecule has 2 nitrogen and oxygen atoms in total. The molecule has 19 aromatic rings. The molecule has 0 aromatic heterocycles. The summed E-state index contributed by atoms with van der Waals surface area (Å²) in [6, 6.07) is 162. The highest BCUT2D eigenvalue weighted by Gasteiger charge is 2.37. The first-order valence-electron chi connectivity index (χ1n) is 41.2. The molecule has 19 aromatic carbocycles. The summed E-state index contributed by atoms with van der Waals surface area (Å²) in [5, 5.41) is 4.92. The van der Waals surface area contributed by atoms with Crippen LogP contribution in [0.3, 0.4) is 0 Å². The molecule has 2 heteroatoms. The maximum Gasteiger partial charge on any atom is 0.0467 e. The number of benzene rings is 19. The van der Waals surface area contributed by atoms with E-state index >= 15 is 0 Å². The minimum atomic E-state index is -0.249. The van der Waals surface area contributed by atoms with Gasteiger partial charge in [0.05, 0.1) is 0 Å². The predicted molar refractivity (Wildman–Crippen MR) is 500 cm³/mol. The Morgan fingerprint density at radius 2 is 0.407 bits per heavy atom. The molecular formula is C116H84N2. The van der Waals surface area contributed by atoms with Crippen molar-refractivity contribution in [1.29, 1.82) is 0 Å². The van der Waals surface area contributed by atoms with Crippen molar-refractivity contribution in [2.45, 2.75) is 38.5 Å². The molecule has 0 saturated carbocycles. The van der Waals surface area contributed by atoms with E-state index in [0.29, 0.717) is 0 Å². The van der Waals surface area contributed by atoms with Crippen molar-refractivity contribution in [1.82, 2.24) is 0 Å². The monoisotopic (exact) mass is 1500 g/mol. The lowest BCUT2D eigenvalue weighted by atomic mass is 9.80. The summed E-state index contributed by atoms with van der Waals surface area (Å²) in [5.41, 5.74) is 40.6. The highest BCUT2D eigenvalue weighted by Crippen LogP contribution is 2.53. The summed E-state index contributed by atoms with van der Waals surface area (Å²) in [4.78, 5) is 4.82. The Kier molecular flexibility index (Phi) is 17.7. The largest absolute Gasteiger partial charge is 0.310 e. The smallest absolute Gasteiger partial charge is 0.0467 e. The van der Waals surface area contributed by atoms with Crippen LogP contribution < -0.4 is 9.80 Å². The van der Waals surface area contributed by atoms with Crippen LogP contribution in [-0.4, -0.2) is 0 Å². The quantitative estimate of drug-likeness (QED) is 0.0951. The average molecular weight is 1510 g/mol. The van der Waals surface area contributed by atoms with Crippen molar-refractivity contribution in [2.24, 2.45) is 0 Å². The Morgan fingerprint density at radius 1 is 0.144 bits per heavy atom. The van der Waals surface area contributed by atoms with E-state index < -0.39 is 0 Å². The number of nitrogens with zero attached hydrogens (tertiary/aromatic N) is 2. The Labute approximate surface area is 691 Å². The second kappa shape index (κ2) is 29.3. The summed E-state index contributed by atoms with van der Waals surface area (Å²) in [5.74, 6) is 0. The molecule has 21 rings (SSSR count). The molecule has 2 aliphatic rings. The first kappa shape index (κ1) is 71.1. The van der Waals surface area contributed by atoms with Crippen LogP contribution in [0, 0.1) is 0 Å². The molecule has 0 spiro atoms. The first-order valence-corrected chi connectivity index (χ1v) is 41.2. The molecule has 0 radical (unpaired) electrons. The highest BCUT2D eigenvalue weighted by atomic mass is 15.1. The van der Waals surface area contributed by atoms with Crippen LogP contribution in [0.1, 0.15) is 49.9 Å². The molecule has 118 heavy (non-hydrogen) atoms. The standard InChI is InChI=1S/C116H84N2/c1-115(2)111-46-14-13-43-107(111)108-64-56-91(74-112(108)115)81-51-59-97(60-52-81)117(99-38-17-31-86(70-99)78-25-9-6-10-26-78)101-40-20-34-89(73-101)85-30-16-36-95(68-85)105-45-22-37-96-69-90(55-63-106(96)105)93-58-66-110-109-65-57-92(75-113(109)116(3,4)114(110)76-93)82-53-61-98(62-54-82)118(100-39-18-32-87(71-100)80-49-47-79(48-50-80)77-23-7-5-8-24-77)102-41-19-33-88(72-102)84-29-15-35-94(67-84)104-44-21-28-83-27-11-12-42-103(83)104/h5-76H,1-4H3. The van der Waals surface area contributed by atoms with Gasteiger partial charge in [-0.2, -0.15) is 0 Å². The van der Waals surface area contributed by atoms with E-state index in [1.54, 1.807) is 0 Å². The molecule has 0 atom stereocenters. The normalized spacial score (nSPS) is 12.7. The highest BCUT2D eigenvalue weighted by molar-refractivity contribution is 6.01. The van der Waals surface area contributed by atoms with Crippen LogP contribution >= 0.6 is 0 Å². The fraction of sp³-hybridized carbons (Fsp3) is 0.0517. The molecule has 0 aliphatic heterocycles. The third kappa shape index (κ3) is 12.9. The van der Waals surface area contributed by atoms with Gasteiger partial charge in [-0.05, 0) is 287 Å². The van der Waals surface area contributed by atoms with Crippen LogP contribution in [0.2, 0.25) is 0 Å². The number of hydrogen-bond acceptors (Lipinski definition) is 2. The van der Waals surface area contributed by atoms with Crippen molar-refractivity contribution in [3.8, 4) is 134 Å². The Morgan fingerprint density at radius 3 is 0.881 bits per heavy atom. The fourth-order valence-corrected chi connectivity index (χ4v) is 18.8. The number of hydrogen-bond donors (Lipinski definition) is 0. The van der Waals surface area contributed by atoms with Gasteiger partial charge in [0, 0.05) is 45.0 Å². The summed E-state index contributed by atoms with van der Waals surface area (Å²) in [6.45, 7) is 9.51. The van der Waals surface area contributed by atoms with Gasteiger partial charge < -0.3 is 9.80 Å². The summed E-state index contributed by atoms with van der Waals surface area (Å²) < 4.78 is 0. The van der Waals surface area contributed by atoms with Crippen molar-refractivity contribution >= 4 is 55.7 Å². The molecule has 0 N–H and O–H groups in total. The van der Waals surface area contributed by atoms with E-state index in [9.17, 15) is 0 Å². The molecule has 2 aliphatic carbocycles. The van der Waals surface area contributed by atoms with Crippen molar-refractivity contribution < 1.29 is 0 Å². The van der Waals surface area contributed by atoms with E-state index in [0.717, 1.165) is 56.4 Å². The van der Waals surface area contributed by atoms with Crippen molar-refractivity contribution in [3.63, 3.8) is 0 Å². The average Bonchev–Trinajstić information content (AvgIpc) is 1.57. The molecule has 0 saturated heterocycles. The lowest BCUT2D eigenvalue weighted by Gasteiger charge is -2.27. The third-order valence-electron chi connectivity index (χ3n) is 25.0. The summed E-state index contributed by atoms with van der Waals surface area (Å²) >= 11 is 0. The number of fused-ring (bicyclic) bond motifs is 8. The maximum atomic E-state index is 2.46. The number of anilines is 6. The van der Waals surface area contributed by atoms with Crippen molar-refractivity contribution in [2.75, 3.05) is 9.80 Å². The first-order chi connectivity index (χ1) is 57.9. The zero-order chi connectivity index (χ0) is 79.0. The molecular weight excluding hydrogens is 1420 g/mol. The Bertz CT molecular complexity index is 7080. The predicted octanol–water partition coefficient (Wildman–Crippen LogP) is 32.2. The topological polar surface area (TPSA) is 6.48 Å². The van der Waals surface area contributed by atoms with E-state index in [2.05, 4.69) is 474 Å². The van der Waals surface area contributed by atoms with Gasteiger partial charge in [-0.15, -0.1) is 0 Å². The van der Waals surface area contributed by atoms with Crippen LogP contribution in [0.4, 0.5) is 34.1 Å². The molecule has 0 bridgehead atoms. The zero-order valence-corrected chi connectivity index (χ0v) is 66.5. The minimum absolute atomic E-state index is 0.0768. The maximum absolute atomic E-state index is 2.46. The van der Waals surface area contributed by atoms with Gasteiger partial charge in [-0.25, -0.2) is 0 Å². The van der Waals surface area contributed by atoms with Gasteiger partial charge in [-0.3, -0.25) is 0 Å². The second-order valence-electron chi connectivity index (χ2n) is 32.8. The summed E-state index contributed by atoms with van der Waals surface area (Å²) in [6.07, 6.45) is 0. The molecule has 0 amide bonds. The lowest BCUT2D eigenvalue weighted by Crippen LogP contribution is -2.15. The fourth-order valence-electron chi connectivity index (χ4n) is 18.8. The Hall–Kier alpha value is -14.7. The van der Waals surface area contributed by atoms with E-state index in [-0.39, 0.29) is 10.8 Å². The number of rotatable bonds is 16. The van der Waals surface area contributed by atoms with Crippen molar-refractivity contribution in [3.05, 3.63) is 459 Å². The summed E-state index contributed by atoms with van der Waals surface area (Å²) in [7, 11) is 0. The molecule has 0 unspecified atom stereocenters. The van der Waals surface area contributed by atoms with Gasteiger partial charge in [0.15, 0.2) is 0 Å². The van der Waals surface area contributed by atoms with Crippen LogP contribution in [-0.2, 0) is 10.8 Å². The Balaban J connectivity index is 0.559. The van der Waals surface area contributed by atoms with Crippen LogP contribution in [0.5, 0.6) is 0 Å². The van der Waals surface area contributed by atoms with Crippen LogP contribution in [0.15, 0.2) is 437 Å². The van der Waals surface area contributed by atoms with Gasteiger partial charge in [0.1, 0.15) is 0 Å². The van der Waals surface area contributed by atoms with E-state index in [1.807, 2.05) is 0 Å². The van der Waals surface area contributed by atoms with Gasteiger partial charge in [0.25, 0.3) is 0 Å². The van der Waals surface area contributed by atoms with Crippen LogP contribution in [0.25, 0.3) is 155 Å². The van der Waals surface area contributed by atoms with Gasteiger partial charge >= 0.3 is 0 Å². The van der Waals surface area contributed by atoms with E-state index in [4.69, 9.17) is 0 Å². The third-order valence-corrected chi connectivity index (χ3v) is 25.0. The second-order valence-corrected chi connectivity index (χ2v) is 32.8.